The van der Waals surface area contributed by atoms with Gasteiger partial charge in [0.2, 0.25) is 0 Å². The quantitative estimate of drug-likeness (QED) is 0.135. The van der Waals surface area contributed by atoms with E-state index >= 15 is 0 Å². The van der Waals surface area contributed by atoms with Crippen LogP contribution in [0.5, 0.6) is 0 Å². The Labute approximate surface area is 292 Å². The zero-order valence-electron chi connectivity index (χ0n) is 28.3. The van der Waals surface area contributed by atoms with Crippen molar-refractivity contribution < 1.29 is 15.1 Å². The topological polar surface area (TPSA) is 51.6 Å². The molecule has 4 nitrogen and oxygen atoms in total. The second-order valence-corrected chi connectivity index (χ2v) is 22.0. The van der Waals surface area contributed by atoms with Gasteiger partial charge in [0.1, 0.15) is 0 Å². The molecule has 0 amide bonds. The normalized spacial score (nSPS) is 11.3. The van der Waals surface area contributed by atoms with Crippen molar-refractivity contribution in [1.82, 2.24) is 19.9 Å². The Bertz CT molecular complexity index is 1190. The number of aromatic nitrogens is 4. The van der Waals surface area contributed by atoms with Crippen molar-refractivity contribution >= 4 is 47.3 Å². The molecule has 4 aromatic heterocycles. The minimum atomic E-state index is -0.905. The molecule has 9 heteroatoms. The molecule has 45 heavy (non-hydrogen) atoms. The van der Waals surface area contributed by atoms with Gasteiger partial charge in [-0.05, 0) is 70.4 Å². The fourth-order valence-electron chi connectivity index (χ4n) is 5.64. The summed E-state index contributed by atoms with van der Waals surface area (Å²) in [5.41, 5.74) is 3.85. The number of halogens is 2. The van der Waals surface area contributed by atoms with Crippen LogP contribution in [0.25, 0.3) is 22.8 Å². The molecule has 246 valence electrons. The summed E-state index contributed by atoms with van der Waals surface area (Å²) in [5.74, 6) is 3.10. The third-order valence-corrected chi connectivity index (χ3v) is 16.0. The molecule has 4 heterocycles. The zero-order chi connectivity index (χ0) is 33.2. The molecule has 0 atom stereocenters. The predicted molar refractivity (Wildman–Crippen MR) is 199 cm³/mol. The fraction of sp³-hybridized carbons (Fsp3) is 0.444. The van der Waals surface area contributed by atoms with Crippen LogP contribution in [0, 0.1) is 23.7 Å². The number of pyridine rings is 4. The van der Waals surface area contributed by atoms with E-state index in [1.54, 1.807) is 0 Å². The summed E-state index contributed by atoms with van der Waals surface area (Å²) in [5, 5.41) is 2.99. The van der Waals surface area contributed by atoms with E-state index in [0.29, 0.717) is 0 Å². The molecule has 0 N–H and O–H groups in total. The summed E-state index contributed by atoms with van der Waals surface area (Å²) in [6.45, 7) is 18.6. The molecule has 4 rings (SSSR count). The Kier molecular flexibility index (Phi) is 19.2. The molecule has 0 saturated carbocycles. The number of nitrogens with zero attached hydrogens (tertiary/aromatic N) is 4. The summed E-state index contributed by atoms with van der Waals surface area (Å²) >= 11 is -0.346. The molecule has 0 radical (unpaired) electrons. The molecule has 0 unspecified atom stereocenters. The number of rotatable bonds is 12. The Morgan fingerprint density at radius 2 is 0.800 bits per heavy atom. The van der Waals surface area contributed by atoms with Gasteiger partial charge in [0.15, 0.2) is 0 Å². The van der Waals surface area contributed by atoms with Gasteiger partial charge in [-0.25, -0.2) is 0 Å². The first kappa shape index (κ1) is 39.4. The predicted octanol–water partition coefficient (Wildman–Crippen LogP) is 9.16. The van der Waals surface area contributed by atoms with Crippen LogP contribution in [0.4, 0.5) is 0 Å². The van der Waals surface area contributed by atoms with Crippen LogP contribution >= 0.6 is 19.4 Å². The summed E-state index contributed by atoms with van der Waals surface area (Å²) in [4.78, 5) is 18.1. The maximum absolute atomic E-state index is 4.85. The maximum atomic E-state index is 4.85. The van der Waals surface area contributed by atoms with Gasteiger partial charge >= 0.3 is 34.5 Å². The van der Waals surface area contributed by atoms with Crippen molar-refractivity contribution in [3.63, 3.8) is 0 Å². The van der Waals surface area contributed by atoms with Crippen molar-refractivity contribution in [2.45, 2.75) is 79.6 Å². The average molecular weight is 769 g/mol. The van der Waals surface area contributed by atoms with Crippen LogP contribution in [-0.2, 0) is 15.1 Å². The van der Waals surface area contributed by atoms with Gasteiger partial charge in [0.25, 0.3) is 0 Å². The molecule has 0 aliphatic rings. The molecule has 4 aromatic rings. The van der Waals surface area contributed by atoms with E-state index in [2.05, 4.69) is 112 Å². The SMILES string of the molecule is CC(C)C[SiH](CC(C)C)c1ccc(-c2ccccn2)nc1.CC(C)C[SiH](CC(C)C)c1ccc(-c2ccccn2)nc1.[Cl][Ru][Cl]. The second kappa shape index (κ2) is 21.9. The molecule has 0 aliphatic carbocycles. The number of hydrogen-bond donors (Lipinski definition) is 0. The summed E-state index contributed by atoms with van der Waals surface area (Å²) in [6, 6.07) is 26.2. The summed E-state index contributed by atoms with van der Waals surface area (Å²) in [6.07, 6.45) is 7.84. The first-order valence-electron chi connectivity index (χ1n) is 16.1. The third-order valence-electron chi connectivity index (χ3n) is 7.39. The molecule has 0 aromatic carbocycles. The van der Waals surface area contributed by atoms with Gasteiger partial charge in [0, 0.05) is 24.8 Å². The van der Waals surface area contributed by atoms with E-state index in [1.165, 1.54) is 34.5 Å². The van der Waals surface area contributed by atoms with Gasteiger partial charge in [-0.15, -0.1) is 0 Å². The third kappa shape index (κ3) is 15.6. The van der Waals surface area contributed by atoms with Gasteiger partial charge < -0.3 is 0 Å². The Morgan fingerprint density at radius 3 is 1.02 bits per heavy atom. The molecule has 0 saturated heterocycles. The zero-order valence-corrected chi connectivity index (χ0v) is 33.8. The van der Waals surface area contributed by atoms with Crippen LogP contribution in [0.2, 0.25) is 24.2 Å². The molecular weight excluding hydrogens is 717 g/mol. The first-order chi connectivity index (χ1) is 21.5. The van der Waals surface area contributed by atoms with E-state index in [4.69, 9.17) is 19.4 Å². The van der Waals surface area contributed by atoms with E-state index in [0.717, 1.165) is 46.4 Å². The Morgan fingerprint density at radius 1 is 0.489 bits per heavy atom. The molecular formula is C36H52Cl2N4RuSi2. The van der Waals surface area contributed by atoms with Crippen LogP contribution in [0.3, 0.4) is 0 Å². The van der Waals surface area contributed by atoms with Crippen molar-refractivity contribution in [1.29, 1.82) is 0 Å². The van der Waals surface area contributed by atoms with E-state index in [9.17, 15) is 0 Å². The molecule has 0 fully saturated rings. The molecule has 0 bridgehead atoms. The Balaban J connectivity index is 0.000000288. The molecule has 0 spiro atoms. The van der Waals surface area contributed by atoms with Crippen molar-refractivity contribution in [3.8, 4) is 22.8 Å². The van der Waals surface area contributed by atoms with Crippen LogP contribution in [-0.4, -0.2) is 37.5 Å². The first-order valence-corrected chi connectivity index (χ1v) is 25.0. The van der Waals surface area contributed by atoms with Gasteiger partial charge in [-0.2, -0.15) is 0 Å². The van der Waals surface area contributed by atoms with Crippen LogP contribution < -0.4 is 10.4 Å². The van der Waals surface area contributed by atoms with Crippen LogP contribution in [0.15, 0.2) is 85.5 Å². The van der Waals surface area contributed by atoms with E-state index < -0.39 is 17.6 Å². The van der Waals surface area contributed by atoms with Gasteiger partial charge in [-0.1, -0.05) is 104 Å². The molecule has 0 aliphatic heterocycles. The number of hydrogen-bond acceptors (Lipinski definition) is 4. The average Bonchev–Trinajstić information content (AvgIpc) is 3.01. The van der Waals surface area contributed by atoms with E-state index in [1.807, 2.05) is 48.8 Å². The van der Waals surface area contributed by atoms with E-state index in [-0.39, 0.29) is 15.1 Å². The van der Waals surface area contributed by atoms with Crippen molar-refractivity contribution in [2.75, 3.05) is 0 Å². The fourth-order valence-corrected chi connectivity index (χ4v) is 13.0. The standard InChI is InChI=1S/2C18H26N2Si.2ClH.Ru/c2*1-14(2)12-21(13-15(3)4)16-8-9-18(20-11-16)17-7-5-6-10-19-17;;;/h2*5-11,14-15,21H,12-13H2,1-4H3;2*1H;/q;;;;+2/p-2. The minimum absolute atomic E-state index is 0.346. The summed E-state index contributed by atoms with van der Waals surface area (Å²) in [7, 11) is 7.90. The van der Waals surface area contributed by atoms with Crippen LogP contribution in [0.1, 0.15) is 55.4 Å². The van der Waals surface area contributed by atoms with Gasteiger partial charge in [0.05, 0.1) is 40.4 Å². The second-order valence-electron chi connectivity index (χ2n) is 13.3. The Hall–Kier alpha value is -1.76. The summed E-state index contributed by atoms with van der Waals surface area (Å²) < 4.78 is 0. The monoisotopic (exact) mass is 768 g/mol. The van der Waals surface area contributed by atoms with Crippen molar-refractivity contribution in [2.24, 2.45) is 23.7 Å². The van der Waals surface area contributed by atoms with Crippen molar-refractivity contribution in [3.05, 3.63) is 85.5 Å². The van der Waals surface area contributed by atoms with Gasteiger partial charge in [-0.3, -0.25) is 19.9 Å².